The fourth-order valence-electron chi connectivity index (χ4n) is 1.57. The first-order chi connectivity index (χ1) is 7.76. The normalized spacial score (nSPS) is 10.1. The number of hydrogen-bond donors (Lipinski definition) is 0. The van der Waals surface area contributed by atoms with Crippen molar-refractivity contribution in [2.75, 3.05) is 7.11 Å². The van der Waals surface area contributed by atoms with E-state index in [1.807, 2.05) is 12.1 Å². The summed E-state index contributed by atoms with van der Waals surface area (Å²) >= 11 is 5.90. The van der Waals surface area contributed by atoms with Crippen LogP contribution in [0.4, 0.5) is 0 Å². The molecule has 0 heterocycles. The molecule has 82 valence electrons. The maximum atomic E-state index is 10.5. The van der Waals surface area contributed by atoms with Gasteiger partial charge < -0.3 is 9.47 Å². The van der Waals surface area contributed by atoms with Crippen LogP contribution in [0.1, 0.15) is 0 Å². The number of ether oxygens (including phenoxy) is 2. The molecule has 3 nitrogen and oxygen atoms in total. The Kier molecular flexibility index (Phi) is 2.97. The van der Waals surface area contributed by atoms with Crippen LogP contribution in [0.3, 0.4) is 0 Å². The lowest BCUT2D eigenvalue weighted by Crippen LogP contribution is -1.94. The molecule has 0 spiro atoms. The lowest BCUT2D eigenvalue weighted by molar-refractivity contribution is -0.120. The molecule has 2 aromatic rings. The zero-order chi connectivity index (χ0) is 11.5. The number of rotatable bonds is 3. The molecule has 0 fully saturated rings. The summed E-state index contributed by atoms with van der Waals surface area (Å²) in [5.74, 6) is 0.888. The van der Waals surface area contributed by atoms with Crippen molar-refractivity contribution in [1.29, 1.82) is 0 Å². The molecule has 0 N–H and O–H groups in total. The van der Waals surface area contributed by atoms with Crippen LogP contribution in [0.2, 0.25) is 5.02 Å². The van der Waals surface area contributed by atoms with Gasteiger partial charge in [0.15, 0.2) is 11.5 Å². The van der Waals surface area contributed by atoms with Crippen LogP contribution in [-0.4, -0.2) is 13.6 Å². The number of benzene rings is 2. The molecule has 16 heavy (non-hydrogen) atoms. The predicted octanol–water partition coefficient (Wildman–Crippen LogP) is 3.04. The summed E-state index contributed by atoms with van der Waals surface area (Å²) in [5, 5.41) is 2.26. The van der Waals surface area contributed by atoms with E-state index in [-0.39, 0.29) is 0 Å². The number of halogens is 1. The lowest BCUT2D eigenvalue weighted by atomic mass is 10.1. The topological polar surface area (TPSA) is 35.5 Å². The number of methoxy groups -OCH3 is 1. The maximum Gasteiger partial charge on any atom is 0.298 e. The molecule has 0 radical (unpaired) electrons. The zero-order valence-corrected chi connectivity index (χ0v) is 9.32. The Morgan fingerprint density at radius 3 is 2.69 bits per heavy atom. The van der Waals surface area contributed by atoms with Crippen molar-refractivity contribution in [2.45, 2.75) is 0 Å². The molecule has 0 amide bonds. The summed E-state index contributed by atoms with van der Waals surface area (Å²) in [6, 6.07) is 8.99. The van der Waals surface area contributed by atoms with Crippen LogP contribution in [0.5, 0.6) is 11.5 Å². The average molecular weight is 237 g/mol. The first-order valence-corrected chi connectivity index (χ1v) is 5.00. The van der Waals surface area contributed by atoms with Gasteiger partial charge in [0, 0.05) is 10.4 Å². The highest BCUT2D eigenvalue weighted by molar-refractivity contribution is 6.31. The predicted molar refractivity (Wildman–Crippen MR) is 62.2 cm³/mol. The summed E-state index contributed by atoms with van der Waals surface area (Å²) in [6.45, 7) is 0.373. The Morgan fingerprint density at radius 2 is 2.00 bits per heavy atom. The molecule has 0 saturated carbocycles. The van der Waals surface area contributed by atoms with Crippen LogP contribution in [0.15, 0.2) is 30.3 Å². The van der Waals surface area contributed by atoms with Crippen molar-refractivity contribution >= 4 is 28.8 Å². The minimum atomic E-state index is 0.373. The summed E-state index contributed by atoms with van der Waals surface area (Å²) in [4.78, 5) is 10.5. The van der Waals surface area contributed by atoms with Crippen LogP contribution < -0.4 is 9.47 Å². The van der Waals surface area contributed by atoms with Crippen molar-refractivity contribution in [3.63, 3.8) is 0 Å². The molecular weight excluding hydrogens is 228 g/mol. The lowest BCUT2D eigenvalue weighted by Gasteiger charge is -2.09. The molecule has 0 unspecified atom stereocenters. The van der Waals surface area contributed by atoms with E-state index in [0.29, 0.717) is 23.0 Å². The SMILES string of the molecule is COc1ccc2ccc(Cl)cc2c1OC=O. The summed E-state index contributed by atoms with van der Waals surface area (Å²) < 4.78 is 10.1. The van der Waals surface area contributed by atoms with Crippen molar-refractivity contribution in [2.24, 2.45) is 0 Å². The van der Waals surface area contributed by atoms with Gasteiger partial charge in [-0.05, 0) is 23.6 Å². The number of hydrogen-bond acceptors (Lipinski definition) is 3. The third kappa shape index (κ3) is 1.82. The van der Waals surface area contributed by atoms with E-state index >= 15 is 0 Å². The Balaban J connectivity index is 2.75. The number of carbonyl (C=O) groups is 1. The van der Waals surface area contributed by atoms with E-state index in [1.54, 1.807) is 18.2 Å². The highest BCUT2D eigenvalue weighted by Crippen LogP contribution is 2.36. The van der Waals surface area contributed by atoms with Gasteiger partial charge in [0.2, 0.25) is 0 Å². The van der Waals surface area contributed by atoms with Crippen LogP contribution in [-0.2, 0) is 4.79 Å². The quantitative estimate of drug-likeness (QED) is 0.769. The van der Waals surface area contributed by atoms with E-state index in [9.17, 15) is 4.79 Å². The van der Waals surface area contributed by atoms with Gasteiger partial charge >= 0.3 is 0 Å². The molecule has 0 aromatic heterocycles. The standard InChI is InChI=1S/C12H9ClO3/c1-15-11-5-3-8-2-4-9(13)6-10(8)12(11)16-7-14/h2-7H,1H3. The largest absolute Gasteiger partial charge is 0.493 e. The molecule has 0 aliphatic carbocycles. The third-order valence-electron chi connectivity index (χ3n) is 2.28. The van der Waals surface area contributed by atoms with Gasteiger partial charge in [-0.25, -0.2) is 0 Å². The monoisotopic (exact) mass is 236 g/mol. The van der Waals surface area contributed by atoms with Gasteiger partial charge in [0.1, 0.15) is 0 Å². The summed E-state index contributed by atoms with van der Waals surface area (Å²) in [7, 11) is 1.52. The Hall–Kier alpha value is -1.74. The van der Waals surface area contributed by atoms with Gasteiger partial charge in [-0.15, -0.1) is 0 Å². The second kappa shape index (κ2) is 4.41. The second-order valence-corrected chi connectivity index (χ2v) is 3.61. The molecule has 0 aliphatic rings. The molecule has 0 bridgehead atoms. The van der Waals surface area contributed by atoms with Crippen LogP contribution in [0.25, 0.3) is 10.8 Å². The molecule has 2 rings (SSSR count). The van der Waals surface area contributed by atoms with Crippen LogP contribution >= 0.6 is 11.6 Å². The minimum absolute atomic E-state index is 0.373. The molecular formula is C12H9ClO3. The van der Waals surface area contributed by atoms with Crippen molar-refractivity contribution in [3.05, 3.63) is 35.4 Å². The Bertz CT molecular complexity index is 537. The molecule has 0 aliphatic heterocycles. The highest BCUT2D eigenvalue weighted by atomic mass is 35.5. The second-order valence-electron chi connectivity index (χ2n) is 3.18. The zero-order valence-electron chi connectivity index (χ0n) is 8.57. The van der Waals surface area contributed by atoms with E-state index in [0.717, 1.165) is 10.8 Å². The van der Waals surface area contributed by atoms with Gasteiger partial charge in [0.05, 0.1) is 7.11 Å². The van der Waals surface area contributed by atoms with Gasteiger partial charge in [-0.3, -0.25) is 4.79 Å². The van der Waals surface area contributed by atoms with Crippen molar-refractivity contribution in [3.8, 4) is 11.5 Å². The van der Waals surface area contributed by atoms with Gasteiger partial charge in [-0.1, -0.05) is 23.7 Å². The van der Waals surface area contributed by atoms with Gasteiger partial charge in [0.25, 0.3) is 6.47 Å². The summed E-state index contributed by atoms with van der Waals surface area (Å²) in [6.07, 6.45) is 0. The number of fused-ring (bicyclic) bond motifs is 1. The molecule has 0 atom stereocenters. The average Bonchev–Trinajstić information content (AvgIpc) is 2.30. The third-order valence-corrected chi connectivity index (χ3v) is 2.52. The van der Waals surface area contributed by atoms with E-state index in [2.05, 4.69) is 0 Å². The molecule has 0 saturated heterocycles. The van der Waals surface area contributed by atoms with E-state index in [1.165, 1.54) is 7.11 Å². The highest BCUT2D eigenvalue weighted by Gasteiger charge is 2.09. The first-order valence-electron chi connectivity index (χ1n) is 4.63. The smallest absolute Gasteiger partial charge is 0.298 e. The minimum Gasteiger partial charge on any atom is -0.493 e. The Morgan fingerprint density at radius 1 is 1.25 bits per heavy atom. The fourth-order valence-corrected chi connectivity index (χ4v) is 1.75. The summed E-state index contributed by atoms with van der Waals surface area (Å²) in [5.41, 5.74) is 0. The maximum absolute atomic E-state index is 10.5. The molecule has 4 heteroatoms. The van der Waals surface area contributed by atoms with Gasteiger partial charge in [-0.2, -0.15) is 0 Å². The van der Waals surface area contributed by atoms with Crippen molar-refractivity contribution in [1.82, 2.24) is 0 Å². The molecule has 2 aromatic carbocycles. The Labute approximate surface area is 97.5 Å². The fraction of sp³-hybridized carbons (Fsp3) is 0.0833. The van der Waals surface area contributed by atoms with E-state index < -0.39 is 0 Å². The van der Waals surface area contributed by atoms with Crippen molar-refractivity contribution < 1.29 is 14.3 Å². The van der Waals surface area contributed by atoms with Crippen LogP contribution in [0, 0.1) is 0 Å². The number of carbonyl (C=O) groups excluding carboxylic acids is 1. The van der Waals surface area contributed by atoms with E-state index in [4.69, 9.17) is 21.1 Å². The first kappa shape index (κ1) is 10.8.